The van der Waals surface area contributed by atoms with E-state index in [0.717, 1.165) is 43.9 Å². The Morgan fingerprint density at radius 1 is 1.29 bits per heavy atom. The molecule has 0 spiro atoms. The summed E-state index contributed by atoms with van der Waals surface area (Å²) in [6.07, 6.45) is 3.98. The number of aliphatic hydroxyl groups excluding tert-OH is 1. The van der Waals surface area contributed by atoms with Gasteiger partial charge in [0.05, 0.1) is 6.33 Å². The number of fused-ring (bicyclic) bond motifs is 1. The van der Waals surface area contributed by atoms with Crippen LogP contribution in [0.4, 0.5) is 5.82 Å². The van der Waals surface area contributed by atoms with Crippen LogP contribution in [0.3, 0.4) is 0 Å². The van der Waals surface area contributed by atoms with E-state index in [9.17, 15) is 5.11 Å². The predicted octanol–water partition coefficient (Wildman–Crippen LogP) is 1.49. The van der Waals surface area contributed by atoms with Crippen LogP contribution in [-0.4, -0.2) is 62.2 Å². The number of nitrogens with one attached hydrogen (secondary N) is 1. The summed E-state index contributed by atoms with van der Waals surface area (Å²) in [6, 6.07) is 4.57. The lowest BCUT2D eigenvalue weighted by atomic mass is 10.1. The lowest BCUT2D eigenvalue weighted by molar-refractivity contribution is 0.136. The Balaban J connectivity index is 1.54. The summed E-state index contributed by atoms with van der Waals surface area (Å²) in [5, 5.41) is 11.6. The number of anilines is 1. The Bertz CT molecular complexity index is 789. The van der Waals surface area contributed by atoms with E-state index in [2.05, 4.69) is 47.2 Å². The first-order chi connectivity index (χ1) is 11.8. The standard InChI is InChI=1S/C16H20N6OS/c23-6-3-12-8-22(5-4-21(12)9-13-2-1-7-24-13)16-14-15(18-10-17-14)19-11-20-16/h1-2,7,10-12,23H,3-6,8-9H2,(H,17,18,19,20)/t12-/m1/s1. The van der Waals surface area contributed by atoms with E-state index in [0.29, 0.717) is 11.7 Å². The van der Waals surface area contributed by atoms with Gasteiger partial charge in [-0.25, -0.2) is 15.0 Å². The summed E-state index contributed by atoms with van der Waals surface area (Å²) in [5.74, 6) is 0.899. The fourth-order valence-corrected chi connectivity index (χ4v) is 4.04. The highest BCUT2D eigenvalue weighted by atomic mass is 32.1. The van der Waals surface area contributed by atoms with Crippen LogP contribution in [0.5, 0.6) is 0 Å². The fourth-order valence-electron chi connectivity index (χ4n) is 3.31. The van der Waals surface area contributed by atoms with Gasteiger partial charge in [0.25, 0.3) is 0 Å². The fraction of sp³-hybridized carbons (Fsp3) is 0.438. The van der Waals surface area contributed by atoms with E-state index in [1.165, 1.54) is 4.88 Å². The largest absolute Gasteiger partial charge is 0.396 e. The molecule has 1 aliphatic rings. The van der Waals surface area contributed by atoms with Crippen LogP contribution < -0.4 is 4.90 Å². The van der Waals surface area contributed by atoms with Gasteiger partial charge < -0.3 is 15.0 Å². The summed E-state index contributed by atoms with van der Waals surface area (Å²) < 4.78 is 0. The molecule has 24 heavy (non-hydrogen) atoms. The minimum absolute atomic E-state index is 0.197. The van der Waals surface area contributed by atoms with Crippen LogP contribution in [0.25, 0.3) is 11.2 Å². The van der Waals surface area contributed by atoms with Gasteiger partial charge in [-0.15, -0.1) is 11.3 Å². The first-order valence-corrected chi connectivity index (χ1v) is 8.99. The highest BCUT2D eigenvalue weighted by molar-refractivity contribution is 7.09. The normalized spacial score (nSPS) is 19.2. The van der Waals surface area contributed by atoms with Crippen LogP contribution in [0.15, 0.2) is 30.2 Å². The van der Waals surface area contributed by atoms with Crippen LogP contribution in [-0.2, 0) is 6.54 Å². The summed E-state index contributed by atoms with van der Waals surface area (Å²) in [5.41, 5.74) is 1.58. The Hall–Kier alpha value is -2.03. The Kier molecular flexibility index (Phi) is 4.42. The number of aromatic amines is 1. The molecule has 0 amide bonds. The molecule has 0 radical (unpaired) electrons. The lowest BCUT2D eigenvalue weighted by Crippen LogP contribution is -2.53. The number of aliphatic hydroxyl groups is 1. The van der Waals surface area contributed by atoms with Gasteiger partial charge in [0.2, 0.25) is 0 Å². The third-order valence-electron chi connectivity index (χ3n) is 4.51. The van der Waals surface area contributed by atoms with E-state index < -0.39 is 0 Å². The first kappa shape index (κ1) is 15.5. The van der Waals surface area contributed by atoms with E-state index >= 15 is 0 Å². The lowest BCUT2D eigenvalue weighted by Gasteiger charge is -2.41. The molecule has 0 bridgehead atoms. The molecular formula is C16H20N6OS. The molecule has 1 saturated heterocycles. The molecule has 3 aromatic rings. The zero-order chi connectivity index (χ0) is 16.4. The zero-order valence-corrected chi connectivity index (χ0v) is 14.1. The number of hydrogen-bond donors (Lipinski definition) is 2. The van der Waals surface area contributed by atoms with Crippen molar-refractivity contribution in [3.8, 4) is 0 Å². The second-order valence-electron chi connectivity index (χ2n) is 5.96. The molecule has 0 unspecified atom stereocenters. The number of rotatable bonds is 5. The summed E-state index contributed by atoms with van der Waals surface area (Å²) in [6.45, 7) is 3.83. The Labute approximate surface area is 144 Å². The molecule has 8 heteroatoms. The molecule has 1 aliphatic heterocycles. The van der Waals surface area contributed by atoms with Crippen molar-refractivity contribution in [1.82, 2.24) is 24.8 Å². The van der Waals surface area contributed by atoms with Gasteiger partial charge in [-0.1, -0.05) is 6.07 Å². The molecule has 0 aromatic carbocycles. The minimum atomic E-state index is 0.197. The SMILES string of the molecule is OCC[C@@H]1CN(c2ncnc3nc[nH]c23)CCN1Cc1cccs1. The second kappa shape index (κ2) is 6.84. The summed E-state index contributed by atoms with van der Waals surface area (Å²) >= 11 is 1.79. The smallest absolute Gasteiger partial charge is 0.182 e. The van der Waals surface area contributed by atoms with E-state index in [1.807, 2.05) is 0 Å². The molecule has 126 valence electrons. The number of nitrogens with zero attached hydrogens (tertiary/aromatic N) is 5. The molecule has 0 aliphatic carbocycles. The number of aromatic nitrogens is 4. The molecular weight excluding hydrogens is 324 g/mol. The predicted molar refractivity (Wildman–Crippen MR) is 94.1 cm³/mol. The summed E-state index contributed by atoms with van der Waals surface area (Å²) in [4.78, 5) is 22.1. The van der Waals surface area contributed by atoms with Gasteiger partial charge in [-0.2, -0.15) is 0 Å². The van der Waals surface area contributed by atoms with Crippen LogP contribution in [0.2, 0.25) is 0 Å². The van der Waals surface area contributed by atoms with Crippen molar-refractivity contribution in [1.29, 1.82) is 0 Å². The zero-order valence-electron chi connectivity index (χ0n) is 13.3. The molecule has 1 fully saturated rings. The maximum Gasteiger partial charge on any atom is 0.182 e. The quantitative estimate of drug-likeness (QED) is 0.730. The van der Waals surface area contributed by atoms with Crippen molar-refractivity contribution >= 4 is 28.3 Å². The van der Waals surface area contributed by atoms with Crippen molar-refractivity contribution in [3.05, 3.63) is 35.0 Å². The van der Waals surface area contributed by atoms with Crippen molar-refractivity contribution in [2.24, 2.45) is 0 Å². The number of thiophene rings is 1. The Morgan fingerprint density at radius 2 is 2.25 bits per heavy atom. The van der Waals surface area contributed by atoms with E-state index in [1.54, 1.807) is 24.0 Å². The topological polar surface area (TPSA) is 81.2 Å². The number of H-pyrrole nitrogens is 1. The molecule has 4 rings (SSSR count). The number of imidazole rings is 1. The molecule has 2 N–H and O–H groups in total. The molecule has 3 aromatic heterocycles. The van der Waals surface area contributed by atoms with Gasteiger partial charge in [-0.05, 0) is 17.9 Å². The van der Waals surface area contributed by atoms with Crippen LogP contribution in [0.1, 0.15) is 11.3 Å². The van der Waals surface area contributed by atoms with Gasteiger partial charge >= 0.3 is 0 Å². The first-order valence-electron chi connectivity index (χ1n) is 8.11. The highest BCUT2D eigenvalue weighted by Crippen LogP contribution is 2.25. The monoisotopic (exact) mass is 344 g/mol. The van der Waals surface area contributed by atoms with Gasteiger partial charge in [-0.3, -0.25) is 4.90 Å². The Morgan fingerprint density at radius 3 is 3.08 bits per heavy atom. The molecule has 1 atom stereocenters. The molecule has 7 nitrogen and oxygen atoms in total. The van der Waals surface area contributed by atoms with Gasteiger partial charge in [0.15, 0.2) is 11.5 Å². The van der Waals surface area contributed by atoms with E-state index in [-0.39, 0.29) is 6.61 Å². The van der Waals surface area contributed by atoms with Crippen molar-refractivity contribution in [2.75, 3.05) is 31.1 Å². The third-order valence-corrected chi connectivity index (χ3v) is 5.37. The van der Waals surface area contributed by atoms with Crippen molar-refractivity contribution in [3.63, 3.8) is 0 Å². The van der Waals surface area contributed by atoms with Gasteiger partial charge in [0, 0.05) is 43.7 Å². The maximum absolute atomic E-state index is 9.47. The number of piperazine rings is 1. The van der Waals surface area contributed by atoms with E-state index in [4.69, 9.17) is 0 Å². The summed E-state index contributed by atoms with van der Waals surface area (Å²) in [7, 11) is 0. The number of hydrogen-bond acceptors (Lipinski definition) is 7. The molecule has 4 heterocycles. The van der Waals surface area contributed by atoms with Crippen LogP contribution >= 0.6 is 11.3 Å². The third kappa shape index (κ3) is 3.00. The average Bonchev–Trinajstić information content (AvgIpc) is 3.27. The maximum atomic E-state index is 9.47. The molecule has 0 saturated carbocycles. The van der Waals surface area contributed by atoms with Crippen molar-refractivity contribution < 1.29 is 5.11 Å². The second-order valence-corrected chi connectivity index (χ2v) is 6.99. The van der Waals surface area contributed by atoms with Crippen molar-refractivity contribution in [2.45, 2.75) is 19.0 Å². The highest BCUT2D eigenvalue weighted by Gasteiger charge is 2.28. The van der Waals surface area contributed by atoms with Crippen LogP contribution in [0, 0.1) is 0 Å². The average molecular weight is 344 g/mol. The van der Waals surface area contributed by atoms with Gasteiger partial charge in [0.1, 0.15) is 11.8 Å². The minimum Gasteiger partial charge on any atom is -0.396 e.